The molecule has 0 unspecified atom stereocenters. The molecule has 5 aliphatic rings. The van der Waals surface area contributed by atoms with Crippen LogP contribution in [0.2, 0.25) is 0 Å². The number of esters is 1. The molecule has 1 N–H and O–H groups in total. The molecule has 0 radical (unpaired) electrons. The van der Waals surface area contributed by atoms with Crippen molar-refractivity contribution in [3.63, 3.8) is 0 Å². The normalized spacial score (nSPS) is 36.2. The number of ether oxygens (including phenoxy) is 2. The lowest BCUT2D eigenvalue weighted by Gasteiger charge is -2.72. The van der Waals surface area contributed by atoms with E-state index in [1.165, 1.54) is 5.57 Å². The number of carbonyl (C=O) groups excluding carboxylic acids is 3. The summed E-state index contributed by atoms with van der Waals surface area (Å²) in [7, 11) is 3.55. The van der Waals surface area contributed by atoms with Crippen LogP contribution in [0.3, 0.4) is 0 Å². The maximum atomic E-state index is 14.9. The van der Waals surface area contributed by atoms with Gasteiger partial charge in [0.2, 0.25) is 5.91 Å². The third kappa shape index (κ3) is 5.98. The summed E-state index contributed by atoms with van der Waals surface area (Å²) < 4.78 is 11.5. The second kappa shape index (κ2) is 13.3. The monoisotopic (exact) mass is 731 g/mol. The first kappa shape index (κ1) is 39.5. The van der Waals surface area contributed by atoms with Gasteiger partial charge in [0.1, 0.15) is 11.9 Å². The lowest BCUT2D eigenvalue weighted by Crippen LogP contribution is -2.66. The van der Waals surface area contributed by atoms with Crippen molar-refractivity contribution < 1.29 is 33.8 Å². The molecular formula is C45H65NO7. The van der Waals surface area contributed by atoms with Crippen LogP contribution >= 0.6 is 0 Å². The molecule has 0 aliphatic heterocycles. The first-order valence-corrected chi connectivity index (χ1v) is 20.2. The number of amides is 1. The average molecular weight is 732 g/mol. The quantitative estimate of drug-likeness (QED) is 0.253. The lowest BCUT2D eigenvalue weighted by atomic mass is 9.33. The van der Waals surface area contributed by atoms with Crippen LogP contribution in [-0.2, 0) is 30.5 Å². The molecule has 0 spiro atoms. The number of carbonyl (C=O) groups is 4. The van der Waals surface area contributed by atoms with Crippen LogP contribution in [-0.4, -0.2) is 53.9 Å². The highest BCUT2D eigenvalue weighted by Crippen LogP contribution is 2.77. The van der Waals surface area contributed by atoms with E-state index in [1.807, 2.05) is 36.2 Å². The number of nitrogens with zero attached hydrogens (tertiary/aromatic N) is 1. The number of hydrogen-bond acceptors (Lipinski definition) is 6. The Morgan fingerprint density at radius 1 is 0.906 bits per heavy atom. The van der Waals surface area contributed by atoms with Crippen molar-refractivity contribution >= 4 is 23.6 Å². The first-order chi connectivity index (χ1) is 24.6. The van der Waals surface area contributed by atoms with Gasteiger partial charge in [-0.2, -0.15) is 0 Å². The van der Waals surface area contributed by atoms with Crippen molar-refractivity contribution in [1.29, 1.82) is 0 Å². The first-order valence-electron chi connectivity index (χ1n) is 20.2. The molecule has 5 aliphatic carbocycles. The Balaban J connectivity index is 1.29. The van der Waals surface area contributed by atoms with E-state index in [-0.39, 0.29) is 64.1 Å². The van der Waals surface area contributed by atoms with Gasteiger partial charge in [-0.05, 0) is 134 Å². The largest absolute Gasteiger partial charge is 0.497 e. The molecule has 8 atom stereocenters. The van der Waals surface area contributed by atoms with Gasteiger partial charge < -0.3 is 19.5 Å². The molecule has 0 saturated heterocycles. The van der Waals surface area contributed by atoms with Gasteiger partial charge in [0.25, 0.3) is 0 Å². The highest BCUT2D eigenvalue weighted by Gasteiger charge is 2.71. The summed E-state index contributed by atoms with van der Waals surface area (Å²) in [6, 6.07) is 7.87. The lowest BCUT2D eigenvalue weighted by molar-refractivity contribution is -0.233. The molecule has 292 valence electrons. The van der Waals surface area contributed by atoms with E-state index in [0.29, 0.717) is 24.8 Å². The number of rotatable bonds is 9. The van der Waals surface area contributed by atoms with E-state index < -0.39 is 22.8 Å². The van der Waals surface area contributed by atoms with E-state index in [4.69, 9.17) is 9.47 Å². The molecule has 8 heteroatoms. The molecule has 8 nitrogen and oxygen atoms in total. The van der Waals surface area contributed by atoms with Crippen LogP contribution < -0.4 is 4.74 Å². The zero-order chi connectivity index (χ0) is 39.1. The van der Waals surface area contributed by atoms with Crippen molar-refractivity contribution in [3.05, 3.63) is 41.0 Å². The highest BCUT2D eigenvalue weighted by molar-refractivity contribution is 6.06. The van der Waals surface area contributed by atoms with Crippen LogP contribution in [0.25, 0.3) is 0 Å². The summed E-state index contributed by atoms with van der Waals surface area (Å²) in [5.41, 5.74) is 0.885. The predicted molar refractivity (Wildman–Crippen MR) is 205 cm³/mol. The Labute approximate surface area is 317 Å². The van der Waals surface area contributed by atoms with Crippen LogP contribution in [0.4, 0.5) is 0 Å². The maximum absolute atomic E-state index is 14.9. The molecule has 4 fully saturated rings. The van der Waals surface area contributed by atoms with Crippen LogP contribution in [0, 0.1) is 56.2 Å². The van der Waals surface area contributed by atoms with Gasteiger partial charge in [0.15, 0.2) is 5.78 Å². The van der Waals surface area contributed by atoms with Crippen LogP contribution in [0.5, 0.6) is 5.75 Å². The number of hydrogen-bond donors (Lipinski definition) is 1. The minimum Gasteiger partial charge on any atom is -0.497 e. The SMILES string of the molecule is COc1ccc(CN(C)C(=O)[C@@]23CC[C@]4(C)[C@H](CC[C@@H]5[C@@]6(C)CC[C@H](OC(=O)CC(C)(C)C(=O)O)C(C)(C)[C@@H]6CC[C@]54C)C2=C(C(C)C)C(=O)C3)cc1. The van der Waals surface area contributed by atoms with Gasteiger partial charge >= 0.3 is 11.9 Å². The highest BCUT2D eigenvalue weighted by atomic mass is 16.5. The Hall–Kier alpha value is -3.16. The van der Waals surface area contributed by atoms with Crippen LogP contribution in [0.15, 0.2) is 35.4 Å². The van der Waals surface area contributed by atoms with E-state index in [1.54, 1.807) is 21.0 Å². The molecule has 6 rings (SSSR count). The number of aliphatic carboxylic acids is 1. The number of carboxylic acid groups (broad SMARTS) is 1. The fraction of sp³-hybridized carbons (Fsp3) is 0.733. The minimum absolute atomic E-state index is 0.0111. The topological polar surface area (TPSA) is 110 Å². The summed E-state index contributed by atoms with van der Waals surface area (Å²) in [5.74, 6) is 0.632. The molecule has 53 heavy (non-hydrogen) atoms. The number of allylic oxidation sites excluding steroid dienone is 1. The third-order valence-corrected chi connectivity index (χ3v) is 16.1. The molecule has 0 bridgehead atoms. The van der Waals surface area contributed by atoms with Crippen LogP contribution in [0.1, 0.15) is 132 Å². The standard InChI is InChI=1S/C45H65NO7/c1-27(2)36-31(47)24-45(38(49)46(10)26-28-12-14-29(52-11)15-13-28)23-22-43(8)30(37(36)45)16-17-33-42(7)20-19-34(53-35(48)25-40(3,4)39(50)51)41(5,6)32(42)18-21-44(33,43)9/h12-15,27,30,32-34H,16-26H2,1-11H3,(H,50,51)/t30-,32+,33-,34+,42+,43-,44-,45-/m1/s1. The van der Waals surface area contributed by atoms with Crippen molar-refractivity contribution in [3.8, 4) is 5.75 Å². The fourth-order valence-electron chi connectivity index (χ4n) is 13.1. The fourth-order valence-corrected chi connectivity index (χ4v) is 13.1. The van der Waals surface area contributed by atoms with Gasteiger partial charge in [-0.3, -0.25) is 19.2 Å². The molecule has 1 aromatic carbocycles. The number of benzene rings is 1. The molecule has 0 heterocycles. The summed E-state index contributed by atoms with van der Waals surface area (Å²) >= 11 is 0. The van der Waals surface area contributed by atoms with Crippen molar-refractivity contribution in [2.45, 2.75) is 139 Å². The number of carboxylic acids is 1. The number of fused-ring (bicyclic) bond motifs is 7. The molecule has 1 aromatic rings. The summed E-state index contributed by atoms with van der Waals surface area (Å²) in [6.45, 7) is 19.9. The minimum atomic E-state index is -1.17. The van der Waals surface area contributed by atoms with Crippen molar-refractivity contribution in [2.24, 2.45) is 56.2 Å². The molecular weight excluding hydrogens is 666 g/mol. The average Bonchev–Trinajstić information content (AvgIpc) is 3.39. The Bertz CT molecular complexity index is 1690. The van der Waals surface area contributed by atoms with E-state index >= 15 is 0 Å². The summed E-state index contributed by atoms with van der Waals surface area (Å²) in [6.07, 6.45) is 7.31. The smallest absolute Gasteiger partial charge is 0.309 e. The van der Waals surface area contributed by atoms with Gasteiger partial charge in [-0.1, -0.05) is 60.6 Å². The third-order valence-electron chi connectivity index (χ3n) is 16.1. The number of ketones is 1. The molecule has 0 aromatic heterocycles. The van der Waals surface area contributed by atoms with E-state index in [2.05, 4.69) is 48.5 Å². The molecule has 4 saturated carbocycles. The summed E-state index contributed by atoms with van der Waals surface area (Å²) in [4.78, 5) is 55.7. The number of Topliss-reactive ketones (excluding diaryl/α,β-unsaturated/α-hetero) is 1. The second-order valence-electron chi connectivity index (χ2n) is 20.0. The maximum Gasteiger partial charge on any atom is 0.309 e. The predicted octanol–water partition coefficient (Wildman–Crippen LogP) is 9.05. The van der Waals surface area contributed by atoms with E-state index in [9.17, 15) is 24.3 Å². The molecule has 1 amide bonds. The van der Waals surface area contributed by atoms with E-state index in [0.717, 1.165) is 61.8 Å². The number of methoxy groups -OCH3 is 1. The van der Waals surface area contributed by atoms with Gasteiger partial charge in [0.05, 0.1) is 24.4 Å². The van der Waals surface area contributed by atoms with Gasteiger partial charge in [0, 0.05) is 25.4 Å². The Kier molecular flexibility index (Phi) is 9.88. The summed E-state index contributed by atoms with van der Waals surface area (Å²) in [5, 5.41) is 9.61. The zero-order valence-electron chi connectivity index (χ0n) is 34.3. The van der Waals surface area contributed by atoms with Gasteiger partial charge in [-0.15, -0.1) is 0 Å². The van der Waals surface area contributed by atoms with Crippen molar-refractivity contribution in [1.82, 2.24) is 4.90 Å². The zero-order valence-corrected chi connectivity index (χ0v) is 34.3. The Morgan fingerprint density at radius 2 is 1.57 bits per heavy atom. The van der Waals surface area contributed by atoms with Crippen molar-refractivity contribution in [2.75, 3.05) is 14.2 Å². The van der Waals surface area contributed by atoms with Gasteiger partial charge in [-0.25, -0.2) is 0 Å². The Morgan fingerprint density at radius 3 is 2.17 bits per heavy atom. The second-order valence-corrected chi connectivity index (χ2v) is 20.0.